The molecule has 0 heterocycles. The molecule has 0 aliphatic heterocycles. The molecular formula is C48H60O7. The zero-order chi connectivity index (χ0) is 39.4. The van der Waals surface area contributed by atoms with Crippen LogP contribution in [0.2, 0.25) is 0 Å². The van der Waals surface area contributed by atoms with Gasteiger partial charge in [0.25, 0.3) is 0 Å². The number of esters is 1. The van der Waals surface area contributed by atoms with Gasteiger partial charge in [-0.05, 0) is 134 Å². The van der Waals surface area contributed by atoms with Gasteiger partial charge in [0.1, 0.15) is 41.1 Å². The van der Waals surface area contributed by atoms with E-state index in [1.165, 1.54) is 12.0 Å². The highest BCUT2D eigenvalue weighted by atomic mass is 16.5. The van der Waals surface area contributed by atoms with Crippen molar-refractivity contribution in [1.29, 1.82) is 0 Å². The minimum absolute atomic E-state index is 0.00943. The Morgan fingerprint density at radius 3 is 2.33 bits per heavy atom. The van der Waals surface area contributed by atoms with E-state index >= 15 is 0 Å². The van der Waals surface area contributed by atoms with Crippen LogP contribution in [0, 0.1) is 52.3 Å². The van der Waals surface area contributed by atoms with E-state index in [1.807, 2.05) is 39.0 Å². The van der Waals surface area contributed by atoms with E-state index in [-0.39, 0.29) is 48.2 Å². The summed E-state index contributed by atoms with van der Waals surface area (Å²) < 4.78 is 18.5. The molecule has 0 spiro atoms. The number of methoxy groups -OCH3 is 1. The molecule has 2 aromatic carbocycles. The fourth-order valence-electron chi connectivity index (χ4n) is 10.2. The number of benzene rings is 2. The van der Waals surface area contributed by atoms with Gasteiger partial charge in [-0.25, -0.2) is 0 Å². The van der Waals surface area contributed by atoms with E-state index in [4.69, 9.17) is 14.2 Å². The van der Waals surface area contributed by atoms with Gasteiger partial charge in [-0.15, -0.1) is 6.58 Å². The number of hydrogen-bond acceptors (Lipinski definition) is 7. The van der Waals surface area contributed by atoms with Crippen molar-refractivity contribution in [3.8, 4) is 11.5 Å². The Morgan fingerprint density at radius 1 is 0.964 bits per heavy atom. The predicted octanol–water partition coefficient (Wildman–Crippen LogP) is 10.1. The van der Waals surface area contributed by atoms with Gasteiger partial charge in [0, 0.05) is 35.0 Å². The predicted molar refractivity (Wildman–Crippen MR) is 216 cm³/mol. The number of Topliss-reactive ketones (excluding diaryl/α,β-unsaturated/α-hetero) is 3. The topological polar surface area (TPSA) is 96.0 Å². The Morgan fingerprint density at radius 2 is 1.69 bits per heavy atom. The lowest BCUT2D eigenvalue weighted by Gasteiger charge is -2.32. The molecular weight excluding hydrogens is 689 g/mol. The summed E-state index contributed by atoms with van der Waals surface area (Å²) in [5.74, 6) is 0.931. The van der Waals surface area contributed by atoms with Gasteiger partial charge in [-0.3, -0.25) is 19.2 Å². The van der Waals surface area contributed by atoms with Crippen LogP contribution in [0.25, 0.3) is 16.3 Å². The van der Waals surface area contributed by atoms with Crippen molar-refractivity contribution in [3.05, 3.63) is 66.3 Å². The molecule has 5 aliphatic rings. The van der Waals surface area contributed by atoms with E-state index in [2.05, 4.69) is 44.7 Å². The molecule has 294 valence electrons. The van der Waals surface area contributed by atoms with E-state index in [0.717, 1.165) is 53.3 Å². The first-order valence-corrected chi connectivity index (χ1v) is 20.7. The maximum atomic E-state index is 14.9. The zero-order valence-electron chi connectivity index (χ0n) is 34.0. The first-order valence-electron chi connectivity index (χ1n) is 20.7. The van der Waals surface area contributed by atoms with Crippen molar-refractivity contribution in [2.45, 2.75) is 118 Å². The Balaban J connectivity index is 1.18. The minimum atomic E-state index is -0.749. The summed E-state index contributed by atoms with van der Waals surface area (Å²) in [6, 6.07) is 10.2. The molecule has 8 atom stereocenters. The fourth-order valence-corrected chi connectivity index (χ4v) is 10.2. The summed E-state index contributed by atoms with van der Waals surface area (Å²) in [6.45, 7) is 15.9. The fraction of sp³-hybridized carbons (Fsp3) is 0.583. The van der Waals surface area contributed by atoms with E-state index in [9.17, 15) is 19.2 Å². The van der Waals surface area contributed by atoms with Gasteiger partial charge in [0.2, 0.25) is 0 Å². The van der Waals surface area contributed by atoms with Crippen molar-refractivity contribution < 1.29 is 33.4 Å². The molecule has 7 rings (SSSR count). The lowest BCUT2D eigenvalue weighted by molar-refractivity contribution is -0.154. The summed E-state index contributed by atoms with van der Waals surface area (Å²) in [7, 11) is 1.66. The van der Waals surface area contributed by atoms with Gasteiger partial charge in [0.05, 0.1) is 13.5 Å². The van der Waals surface area contributed by atoms with Crippen molar-refractivity contribution in [3.63, 3.8) is 0 Å². The number of fused-ring (bicyclic) bond motifs is 2. The summed E-state index contributed by atoms with van der Waals surface area (Å²) >= 11 is 0. The van der Waals surface area contributed by atoms with Crippen molar-refractivity contribution in [2.75, 3.05) is 7.11 Å². The largest absolute Gasteiger partial charge is 0.497 e. The van der Waals surface area contributed by atoms with Crippen molar-refractivity contribution >= 4 is 39.7 Å². The standard InChI is InChI=1S/C48H60O7/c1-9-35-25-48(35,28(4)49)26-43(50)40-22-38(23-41(40)46(52)42(47(5,6)7)24-45(51)55-37-18-31-16-32(31)19-37)54-44-21-33(30-11-10-29(15-30)14-27(2)3)17-34-20-36(53-8)12-13-39(34)44/h9,11-13,15,17,20-21,27,31-32,35,37-38,40-42H,1,10,14,16,18-19,22-26H2,2-8H3. The molecule has 0 radical (unpaired) electrons. The number of carbonyl (C=O) groups is 4. The SMILES string of the molecule is C=CC1CC1(CC(=O)C1CC(Oc2cc(C3=CCC(CC(C)C)=C3)cc3cc(OC)ccc23)CC1C(=O)C(CC(=O)OC1CC2CC2C1)C(C)(C)C)C(C)=O. The molecule has 5 aliphatic carbocycles. The highest BCUT2D eigenvalue weighted by Crippen LogP contribution is 2.58. The number of hydrogen-bond donors (Lipinski definition) is 0. The molecule has 8 unspecified atom stereocenters. The average molecular weight is 749 g/mol. The van der Waals surface area contributed by atoms with E-state index in [1.54, 1.807) is 20.1 Å². The summed E-state index contributed by atoms with van der Waals surface area (Å²) in [5, 5.41) is 1.91. The minimum Gasteiger partial charge on any atom is -0.497 e. The maximum Gasteiger partial charge on any atom is 0.306 e. The maximum absolute atomic E-state index is 14.9. The summed E-state index contributed by atoms with van der Waals surface area (Å²) in [5.41, 5.74) is 2.33. The first-order chi connectivity index (χ1) is 26.1. The van der Waals surface area contributed by atoms with Gasteiger partial charge in [-0.1, -0.05) is 58.4 Å². The highest BCUT2D eigenvalue weighted by Gasteiger charge is 2.59. The second-order valence-electron chi connectivity index (χ2n) is 19.0. The van der Waals surface area contributed by atoms with Gasteiger partial charge in [-0.2, -0.15) is 0 Å². The van der Waals surface area contributed by atoms with Crippen LogP contribution in [-0.4, -0.2) is 42.6 Å². The highest BCUT2D eigenvalue weighted by molar-refractivity contribution is 5.98. The van der Waals surface area contributed by atoms with Gasteiger partial charge in [0.15, 0.2) is 0 Å². The average Bonchev–Trinajstić information content (AvgIpc) is 3.79. The molecule has 0 N–H and O–H groups in total. The monoisotopic (exact) mass is 748 g/mol. The molecule has 4 saturated carbocycles. The van der Waals surface area contributed by atoms with Crippen LogP contribution >= 0.6 is 0 Å². The third kappa shape index (κ3) is 8.27. The molecule has 7 nitrogen and oxygen atoms in total. The van der Waals surface area contributed by atoms with Crippen LogP contribution in [-0.2, 0) is 23.9 Å². The lowest BCUT2D eigenvalue weighted by atomic mass is 9.70. The van der Waals surface area contributed by atoms with Crippen LogP contribution in [0.4, 0.5) is 0 Å². The summed E-state index contributed by atoms with van der Waals surface area (Å²) in [4.78, 5) is 55.6. The molecule has 2 aromatic rings. The lowest BCUT2D eigenvalue weighted by Crippen LogP contribution is -2.39. The molecule has 7 heteroatoms. The van der Waals surface area contributed by atoms with Crippen LogP contribution in [0.5, 0.6) is 11.5 Å². The second-order valence-corrected chi connectivity index (χ2v) is 19.0. The number of rotatable bonds is 16. The quantitative estimate of drug-likeness (QED) is 0.125. The van der Waals surface area contributed by atoms with Crippen LogP contribution in [0.15, 0.2) is 60.7 Å². The van der Waals surface area contributed by atoms with Crippen LogP contribution < -0.4 is 9.47 Å². The Kier molecular flexibility index (Phi) is 10.8. The molecule has 0 aromatic heterocycles. The third-order valence-electron chi connectivity index (χ3n) is 13.5. The third-order valence-corrected chi connectivity index (χ3v) is 13.5. The van der Waals surface area contributed by atoms with E-state index < -0.39 is 34.7 Å². The number of allylic oxidation sites excluding steroid dienone is 5. The van der Waals surface area contributed by atoms with Crippen molar-refractivity contribution in [2.24, 2.45) is 52.3 Å². The van der Waals surface area contributed by atoms with Gasteiger partial charge < -0.3 is 14.2 Å². The Hall–Kier alpha value is -4.00. The molecule has 0 saturated heterocycles. The number of ether oxygens (including phenoxy) is 3. The van der Waals surface area contributed by atoms with Crippen LogP contribution in [0.1, 0.15) is 111 Å². The summed E-state index contributed by atoms with van der Waals surface area (Å²) in [6.07, 6.45) is 12.3. The Labute approximate surface area is 327 Å². The molecule has 55 heavy (non-hydrogen) atoms. The zero-order valence-corrected chi connectivity index (χ0v) is 34.0. The van der Waals surface area contributed by atoms with E-state index in [0.29, 0.717) is 42.8 Å². The first kappa shape index (κ1) is 39.2. The number of carbonyl (C=O) groups excluding carboxylic acids is 4. The second kappa shape index (κ2) is 15.2. The van der Waals surface area contributed by atoms with Crippen LogP contribution in [0.3, 0.4) is 0 Å². The normalized spacial score (nSPS) is 30.0. The molecule has 4 fully saturated rings. The number of ketones is 3. The molecule has 0 bridgehead atoms. The molecule has 0 amide bonds. The Bertz CT molecular complexity index is 1930. The van der Waals surface area contributed by atoms with Gasteiger partial charge >= 0.3 is 5.97 Å². The smallest absolute Gasteiger partial charge is 0.306 e. The van der Waals surface area contributed by atoms with Crippen molar-refractivity contribution in [1.82, 2.24) is 0 Å².